The maximum Gasteiger partial charge on any atom is 0.205 e. The molecule has 0 saturated carbocycles. The van der Waals surface area contributed by atoms with E-state index in [0.29, 0.717) is 12.1 Å². The third-order valence-electron chi connectivity index (χ3n) is 2.63. The van der Waals surface area contributed by atoms with E-state index < -0.39 is 25.2 Å². The Morgan fingerprint density at radius 3 is 1.75 bits per heavy atom. The summed E-state index contributed by atoms with van der Waals surface area (Å²) in [5, 5.41) is -1.07. The maximum atomic E-state index is 14.1. The summed E-state index contributed by atoms with van der Waals surface area (Å²) in [6.45, 7) is 0. The molecule has 6 heteroatoms. The van der Waals surface area contributed by atoms with Crippen molar-refractivity contribution in [2.45, 2.75) is 4.90 Å². The lowest BCUT2D eigenvalue weighted by Crippen LogP contribution is -2.10. The molecule has 0 aliphatic heterocycles. The first-order valence-electron chi connectivity index (χ1n) is 5.61. The number of halogens is 5. The average Bonchev–Trinajstić information content (AvgIpc) is 2.39. The second-order valence-electron chi connectivity index (χ2n) is 4.28. The second kappa shape index (κ2) is 4.27. The van der Waals surface area contributed by atoms with Crippen molar-refractivity contribution >= 4 is 26.5 Å². The van der Waals surface area contributed by atoms with Crippen molar-refractivity contribution in [1.29, 1.82) is 0 Å². The standard InChI is InChI=1S/C14H11ClF4S/c15-14(12-7-3-1-4-8-12)11-20(16,17,18,19)13-9-5-2-6-10-13/h1-11H. The van der Waals surface area contributed by atoms with Crippen LogP contribution in [0.15, 0.2) is 71.0 Å². The van der Waals surface area contributed by atoms with Gasteiger partial charge in [0.05, 0.1) is 15.3 Å². The van der Waals surface area contributed by atoms with Crippen molar-refractivity contribution < 1.29 is 15.5 Å². The van der Waals surface area contributed by atoms with Gasteiger partial charge in [0.25, 0.3) is 0 Å². The van der Waals surface area contributed by atoms with E-state index in [4.69, 9.17) is 11.6 Å². The number of benzene rings is 2. The molecule has 0 fully saturated rings. The van der Waals surface area contributed by atoms with Crippen LogP contribution in [0.5, 0.6) is 0 Å². The van der Waals surface area contributed by atoms with Crippen LogP contribution < -0.4 is 0 Å². The maximum absolute atomic E-state index is 14.1. The zero-order chi connectivity index (χ0) is 14.9. The summed E-state index contributed by atoms with van der Waals surface area (Å²) in [5.41, 5.74) is 0.112. The van der Waals surface area contributed by atoms with Gasteiger partial charge in [-0.1, -0.05) is 60.1 Å². The largest absolute Gasteiger partial charge is 0.205 e. The Balaban J connectivity index is 2.59. The normalized spacial score (nSPS) is 16.4. The third-order valence-corrected chi connectivity index (χ3v) is 5.05. The minimum absolute atomic E-state index is 0.112. The van der Waals surface area contributed by atoms with Crippen LogP contribution in [0.3, 0.4) is 0 Å². The average molecular weight is 323 g/mol. The van der Waals surface area contributed by atoms with Crippen LogP contribution in [0.2, 0.25) is 0 Å². The highest BCUT2D eigenvalue weighted by Gasteiger charge is 2.62. The smallest absolute Gasteiger partial charge is 0.117 e. The van der Waals surface area contributed by atoms with Gasteiger partial charge in [-0.15, -0.1) is 15.5 Å². The fraction of sp³-hybridized carbons (Fsp3) is 0. The number of hydrogen-bond acceptors (Lipinski definition) is 0. The molecular formula is C14H11ClF4S. The summed E-state index contributed by atoms with van der Waals surface area (Å²) >= 11 is 5.65. The van der Waals surface area contributed by atoms with E-state index in [2.05, 4.69) is 0 Å². The Hall–Kier alpha value is -1.46. The molecule has 0 aromatic heterocycles. The lowest BCUT2D eigenvalue weighted by atomic mass is 10.2. The van der Waals surface area contributed by atoms with Crippen LogP contribution >= 0.6 is 21.4 Å². The van der Waals surface area contributed by atoms with E-state index in [1.54, 1.807) is 6.07 Å². The Bertz CT molecular complexity index is 647. The minimum Gasteiger partial charge on any atom is -0.117 e. The van der Waals surface area contributed by atoms with E-state index in [0.717, 1.165) is 12.1 Å². The molecule has 0 aliphatic carbocycles. The molecule has 0 heterocycles. The Morgan fingerprint density at radius 2 is 1.25 bits per heavy atom. The molecule has 108 valence electrons. The van der Waals surface area contributed by atoms with Gasteiger partial charge < -0.3 is 0 Å². The molecule has 0 N–H and O–H groups in total. The van der Waals surface area contributed by atoms with Crippen LogP contribution in [0.4, 0.5) is 15.5 Å². The molecule has 2 rings (SSSR count). The molecule has 2 aromatic rings. The van der Waals surface area contributed by atoms with Crippen molar-refractivity contribution in [2.75, 3.05) is 0 Å². The van der Waals surface area contributed by atoms with E-state index >= 15 is 0 Å². The monoisotopic (exact) mass is 322 g/mol. The summed E-state index contributed by atoms with van der Waals surface area (Å²) < 4.78 is 56.4. The molecule has 0 saturated heterocycles. The van der Waals surface area contributed by atoms with Crippen LogP contribution in [-0.4, -0.2) is 0 Å². The molecular weight excluding hydrogens is 312 g/mol. The van der Waals surface area contributed by atoms with Crippen molar-refractivity contribution in [3.8, 4) is 0 Å². The predicted octanol–water partition coefficient (Wildman–Crippen LogP) is 6.70. The fourth-order valence-electron chi connectivity index (χ4n) is 1.65. The Kier molecular flexibility index (Phi) is 3.19. The van der Waals surface area contributed by atoms with Gasteiger partial charge in [0, 0.05) is 0 Å². The van der Waals surface area contributed by atoms with Crippen LogP contribution in [0.1, 0.15) is 5.56 Å². The molecule has 0 spiro atoms. The molecule has 20 heavy (non-hydrogen) atoms. The van der Waals surface area contributed by atoms with Crippen molar-refractivity contribution in [2.24, 2.45) is 0 Å². The van der Waals surface area contributed by atoms with Crippen molar-refractivity contribution in [3.63, 3.8) is 0 Å². The predicted molar refractivity (Wildman–Crippen MR) is 77.0 cm³/mol. The Labute approximate surface area is 119 Å². The first kappa shape index (κ1) is 14.9. The van der Waals surface area contributed by atoms with Gasteiger partial charge in [0.1, 0.15) is 0 Å². The molecule has 0 bridgehead atoms. The van der Waals surface area contributed by atoms with Crippen LogP contribution in [0.25, 0.3) is 5.03 Å². The molecule has 0 radical (unpaired) electrons. The van der Waals surface area contributed by atoms with Gasteiger partial charge >= 0.3 is 0 Å². The first-order valence-corrected chi connectivity index (χ1v) is 8.10. The highest BCUT2D eigenvalue weighted by atomic mass is 35.5. The summed E-state index contributed by atoms with van der Waals surface area (Å²) in [6.07, 6.45) is 0. The molecule has 0 aliphatic rings. The topological polar surface area (TPSA) is 0 Å². The highest BCUT2D eigenvalue weighted by Crippen LogP contribution is 3.02. The number of hydrogen-bond donors (Lipinski definition) is 0. The zero-order valence-corrected chi connectivity index (χ0v) is 11.7. The number of rotatable bonds is 3. The second-order valence-corrected chi connectivity index (χ2v) is 7.66. The van der Waals surface area contributed by atoms with Crippen LogP contribution in [0, 0.1) is 0 Å². The van der Waals surface area contributed by atoms with E-state index in [1.165, 1.54) is 30.3 Å². The van der Waals surface area contributed by atoms with Gasteiger partial charge in [-0.2, -0.15) is 0 Å². The summed E-state index contributed by atoms with van der Waals surface area (Å²) in [5.74, 6) is 0. The first-order chi connectivity index (χ1) is 9.11. The lowest BCUT2D eigenvalue weighted by molar-refractivity contribution is 0.466. The molecule has 0 nitrogen and oxygen atoms in total. The van der Waals surface area contributed by atoms with E-state index in [1.807, 2.05) is 0 Å². The van der Waals surface area contributed by atoms with E-state index in [-0.39, 0.29) is 5.56 Å². The van der Waals surface area contributed by atoms with Gasteiger partial charge in [0.15, 0.2) is 0 Å². The lowest BCUT2D eigenvalue weighted by Gasteiger charge is -2.47. The molecule has 0 amide bonds. The third kappa shape index (κ3) is 3.16. The van der Waals surface area contributed by atoms with Crippen molar-refractivity contribution in [3.05, 3.63) is 71.6 Å². The van der Waals surface area contributed by atoms with Gasteiger partial charge in [-0.05, 0) is 17.7 Å². The Morgan fingerprint density at radius 1 is 0.800 bits per heavy atom. The van der Waals surface area contributed by atoms with Gasteiger partial charge in [0.2, 0.25) is 9.84 Å². The highest BCUT2D eigenvalue weighted by molar-refractivity contribution is 8.52. The summed E-state index contributed by atoms with van der Waals surface area (Å²) in [7, 11) is -8.55. The SMILES string of the molecule is FS(F)(F)(F)(C=C(Cl)c1ccccc1)c1ccccc1. The summed E-state index contributed by atoms with van der Waals surface area (Å²) in [6, 6.07) is 12.5. The minimum atomic E-state index is -8.55. The summed E-state index contributed by atoms with van der Waals surface area (Å²) in [4.78, 5) is -1.32. The molecule has 0 unspecified atom stereocenters. The van der Waals surface area contributed by atoms with Crippen molar-refractivity contribution in [1.82, 2.24) is 0 Å². The molecule has 0 atom stereocenters. The fourth-order valence-corrected chi connectivity index (χ4v) is 3.72. The molecule has 2 aromatic carbocycles. The van der Waals surface area contributed by atoms with E-state index in [9.17, 15) is 15.5 Å². The van der Waals surface area contributed by atoms with Gasteiger partial charge in [-0.25, -0.2) is 0 Å². The van der Waals surface area contributed by atoms with Gasteiger partial charge in [-0.3, -0.25) is 0 Å². The van der Waals surface area contributed by atoms with Crippen LogP contribution in [-0.2, 0) is 0 Å². The quantitative estimate of drug-likeness (QED) is 0.552. The zero-order valence-electron chi connectivity index (χ0n) is 10.1.